The molecule has 0 bridgehead atoms. The standard InChI is InChI=1S/C53H65N7O10S/c1-32(2)39-8-5-6-9-40(39)43-10-7-21-59(43)37-28-53(29-37)18-22-58(23-19-53)36-11-12-41(45(25-36)70-47-24-35-15-20-54-49(35)56-51(47)69-30-33(3)61)50(62)57-71(66,67)38-26-44(60(64)65)48-46(27-38)68-31-42(55-48)34-13-16-52(4,63)17-14-34/h5-6,8-9,11-12,15,20,24-27,32-34,37,42-43,55,61,63H,7,10,13-14,16-19,21-23,28-31H2,1-4H3,(H,54,56)(H,57,62)/t33-,34-,42+,43-,52-/m0/s1. The highest BCUT2D eigenvalue weighted by Gasteiger charge is 2.50. The Kier molecular flexibility index (Phi) is 13.2. The number of carbonyl (C=O) groups is 1. The summed E-state index contributed by atoms with van der Waals surface area (Å²) < 4.78 is 48.8. The molecule has 3 aliphatic heterocycles. The molecule has 71 heavy (non-hydrogen) atoms. The van der Waals surface area contributed by atoms with Crippen molar-refractivity contribution in [2.45, 2.75) is 133 Å². The molecule has 3 aromatic carbocycles. The minimum Gasteiger partial charge on any atom is -0.489 e. The highest BCUT2D eigenvalue weighted by molar-refractivity contribution is 7.90. The van der Waals surface area contributed by atoms with Crippen LogP contribution in [0.3, 0.4) is 0 Å². The molecule has 2 saturated carbocycles. The minimum absolute atomic E-state index is 0.0229. The van der Waals surface area contributed by atoms with Gasteiger partial charge in [-0.3, -0.25) is 19.8 Å². The van der Waals surface area contributed by atoms with Crippen LogP contribution in [0.15, 0.2) is 77.8 Å². The maximum Gasteiger partial charge on any atom is 0.297 e. The number of ether oxygens (including phenoxy) is 3. The number of nitrogens with one attached hydrogen (secondary N) is 3. The molecular weight excluding hydrogens is 927 g/mol. The van der Waals surface area contributed by atoms with Crippen molar-refractivity contribution in [3.8, 4) is 23.1 Å². The first-order valence-corrected chi connectivity index (χ1v) is 26.6. The highest BCUT2D eigenvalue weighted by atomic mass is 32.2. The SMILES string of the molecule is CC(C)c1ccccc1[C@@H]1CCCN1C1CC2(CCN(c3ccc(C(=O)NS(=O)(=O)c4cc5c(c([N+](=O)[O-])c4)N[C@@H]([C@H]4CC[C@](C)(O)CC4)CO5)c(Oc4cc5cc[nH]c5nc4OC[C@H](C)O)c3)CC2)C1. The molecule has 378 valence electrons. The summed E-state index contributed by atoms with van der Waals surface area (Å²) in [6.07, 6.45) is 10.2. The second-order valence-corrected chi connectivity index (χ2v) is 23.0. The first kappa shape index (κ1) is 48.7. The number of nitrogens with zero attached hydrogens (tertiary/aromatic N) is 4. The van der Waals surface area contributed by atoms with Gasteiger partial charge in [-0.05, 0) is 137 Å². The Labute approximate surface area is 414 Å². The molecule has 1 spiro atoms. The number of hydrogen-bond donors (Lipinski definition) is 5. The van der Waals surface area contributed by atoms with Gasteiger partial charge in [-0.2, -0.15) is 4.98 Å². The molecule has 2 saturated heterocycles. The van der Waals surface area contributed by atoms with Crippen molar-refractivity contribution in [2.24, 2.45) is 11.3 Å². The van der Waals surface area contributed by atoms with E-state index >= 15 is 0 Å². The molecule has 5 heterocycles. The Balaban J connectivity index is 0.891. The first-order valence-electron chi connectivity index (χ1n) is 25.2. The van der Waals surface area contributed by atoms with Crippen molar-refractivity contribution in [2.75, 3.05) is 43.1 Å². The molecule has 1 amide bonds. The molecule has 0 radical (unpaired) electrons. The summed E-state index contributed by atoms with van der Waals surface area (Å²) in [5, 5.41) is 37.0. The number of aromatic amines is 1. The number of aliphatic hydroxyl groups is 2. The van der Waals surface area contributed by atoms with E-state index in [0.29, 0.717) is 54.7 Å². The number of carbonyl (C=O) groups excluding carboxylic acids is 1. The number of hydrogen-bond acceptors (Lipinski definition) is 14. The lowest BCUT2D eigenvalue weighted by atomic mass is 9.59. The van der Waals surface area contributed by atoms with Crippen molar-refractivity contribution in [1.29, 1.82) is 0 Å². The second-order valence-electron chi connectivity index (χ2n) is 21.3. The van der Waals surface area contributed by atoms with E-state index in [1.54, 1.807) is 44.3 Å². The number of nitro groups is 1. The third-order valence-electron chi connectivity index (χ3n) is 15.8. The second kappa shape index (κ2) is 19.2. The van der Waals surface area contributed by atoms with Crippen LogP contribution in [0.1, 0.15) is 125 Å². The molecule has 4 fully saturated rings. The summed E-state index contributed by atoms with van der Waals surface area (Å²) in [6, 6.07) is 20.3. The van der Waals surface area contributed by atoms with Crippen molar-refractivity contribution >= 4 is 44.0 Å². The summed E-state index contributed by atoms with van der Waals surface area (Å²) in [7, 11) is -4.74. The van der Waals surface area contributed by atoms with Gasteiger partial charge in [0.15, 0.2) is 17.2 Å². The number of aromatic nitrogens is 2. The Hall–Kier alpha value is -5.95. The average Bonchev–Trinajstić information content (AvgIpc) is 4.02. The number of amides is 1. The van der Waals surface area contributed by atoms with Crippen molar-refractivity contribution in [1.82, 2.24) is 19.6 Å². The van der Waals surface area contributed by atoms with Crippen LogP contribution >= 0.6 is 0 Å². The topological polar surface area (TPSA) is 222 Å². The fourth-order valence-corrected chi connectivity index (χ4v) is 12.8. The zero-order chi connectivity index (χ0) is 49.8. The summed E-state index contributed by atoms with van der Waals surface area (Å²) >= 11 is 0. The van der Waals surface area contributed by atoms with Crippen LogP contribution in [0, 0.1) is 21.4 Å². The number of rotatable bonds is 14. The van der Waals surface area contributed by atoms with Crippen molar-refractivity contribution < 1.29 is 42.6 Å². The van der Waals surface area contributed by atoms with E-state index in [1.807, 2.05) is 0 Å². The maximum atomic E-state index is 14.3. The largest absolute Gasteiger partial charge is 0.489 e. The Bertz CT molecular complexity index is 2910. The van der Waals surface area contributed by atoms with Gasteiger partial charge in [0.05, 0.1) is 33.1 Å². The smallest absolute Gasteiger partial charge is 0.297 e. The lowest BCUT2D eigenvalue weighted by molar-refractivity contribution is -0.384. The Morgan fingerprint density at radius 2 is 1.76 bits per heavy atom. The van der Waals surface area contributed by atoms with Crippen molar-refractivity contribution in [3.63, 3.8) is 0 Å². The Morgan fingerprint density at radius 1 is 1.00 bits per heavy atom. The zero-order valence-electron chi connectivity index (χ0n) is 40.9. The fourth-order valence-electron chi connectivity index (χ4n) is 11.8. The van der Waals surface area contributed by atoms with E-state index < -0.39 is 43.1 Å². The average molecular weight is 992 g/mol. The van der Waals surface area contributed by atoms with Crippen LogP contribution in [0.2, 0.25) is 0 Å². The van der Waals surface area contributed by atoms with Gasteiger partial charge in [-0.1, -0.05) is 38.1 Å². The number of nitro benzene ring substituents is 1. The Morgan fingerprint density at radius 3 is 2.49 bits per heavy atom. The number of anilines is 2. The van der Waals surface area contributed by atoms with E-state index in [0.717, 1.165) is 57.1 Å². The lowest BCUT2D eigenvalue weighted by Crippen LogP contribution is -2.54. The van der Waals surface area contributed by atoms with Crippen LogP contribution in [-0.4, -0.2) is 101 Å². The molecular formula is C53H65N7O10S. The summed E-state index contributed by atoms with van der Waals surface area (Å²) in [4.78, 5) is 38.3. The van der Waals surface area contributed by atoms with E-state index in [2.05, 4.69) is 67.9 Å². The fraction of sp³-hybridized carbons (Fsp3) is 0.509. The molecule has 5 N–H and O–H groups in total. The summed E-state index contributed by atoms with van der Waals surface area (Å²) in [5.41, 5.74) is 3.12. The number of benzene rings is 3. The lowest BCUT2D eigenvalue weighted by Gasteiger charge is -2.56. The van der Waals surface area contributed by atoms with Crippen molar-refractivity contribution in [3.05, 3.63) is 99.7 Å². The van der Waals surface area contributed by atoms with Gasteiger partial charge in [-0.25, -0.2) is 13.1 Å². The number of piperidine rings is 1. The number of likely N-dealkylation sites (tertiary alicyclic amines) is 1. The van der Waals surface area contributed by atoms with Gasteiger partial charge >= 0.3 is 0 Å². The first-order chi connectivity index (χ1) is 33.9. The van der Waals surface area contributed by atoms with Gasteiger partial charge in [0, 0.05) is 60.6 Å². The number of fused-ring (bicyclic) bond motifs is 2. The molecule has 0 unspecified atom stereocenters. The maximum absolute atomic E-state index is 14.3. The molecule has 3 atom stereocenters. The number of pyridine rings is 1. The molecule has 17 nitrogen and oxygen atoms in total. The van der Waals surface area contributed by atoms with Gasteiger partial charge in [0.1, 0.15) is 24.6 Å². The predicted molar refractivity (Wildman–Crippen MR) is 269 cm³/mol. The molecule has 10 rings (SSSR count). The minimum atomic E-state index is -4.74. The van der Waals surface area contributed by atoms with Gasteiger partial charge in [-0.15, -0.1) is 0 Å². The van der Waals surface area contributed by atoms with Gasteiger partial charge in [0.2, 0.25) is 0 Å². The van der Waals surface area contributed by atoms with E-state index in [1.165, 1.54) is 36.1 Å². The van der Waals surface area contributed by atoms with E-state index in [-0.39, 0.29) is 65.0 Å². The molecule has 5 aromatic rings. The molecule has 18 heteroatoms. The highest BCUT2D eigenvalue weighted by Crippen LogP contribution is 2.54. The van der Waals surface area contributed by atoms with Gasteiger partial charge in [0.25, 0.3) is 27.5 Å². The zero-order valence-corrected chi connectivity index (χ0v) is 41.7. The third kappa shape index (κ3) is 10.00. The van der Waals surface area contributed by atoms with E-state index in [4.69, 9.17) is 14.2 Å². The summed E-state index contributed by atoms with van der Waals surface area (Å²) in [6.45, 7) is 10.7. The van der Waals surface area contributed by atoms with Crippen LogP contribution in [0.25, 0.3) is 11.0 Å². The quantitative estimate of drug-likeness (QED) is 0.0518. The molecule has 5 aliphatic rings. The number of H-pyrrole nitrogens is 1. The van der Waals surface area contributed by atoms with Crippen LogP contribution in [0.4, 0.5) is 17.1 Å². The monoisotopic (exact) mass is 991 g/mol. The third-order valence-corrected chi connectivity index (χ3v) is 17.1. The van der Waals surface area contributed by atoms with E-state index in [9.17, 15) is 33.5 Å². The number of aliphatic hydroxyl groups excluding tert-OH is 1. The number of sulfonamides is 1. The molecule has 2 aliphatic carbocycles. The van der Waals surface area contributed by atoms with Gasteiger partial charge < -0.3 is 39.6 Å². The predicted octanol–water partition coefficient (Wildman–Crippen LogP) is 8.97. The summed E-state index contributed by atoms with van der Waals surface area (Å²) in [5.74, 6) is -0.290. The van der Waals surface area contributed by atoms with Crippen LogP contribution in [-0.2, 0) is 10.0 Å². The normalized spacial score (nSPS) is 23.9. The molecule has 2 aromatic heterocycles. The van der Waals surface area contributed by atoms with Crippen LogP contribution < -0.4 is 29.1 Å². The van der Waals surface area contributed by atoms with Crippen LogP contribution in [0.5, 0.6) is 23.1 Å².